The van der Waals surface area contributed by atoms with E-state index in [4.69, 9.17) is 33.0 Å². The number of rotatable bonds is 16. The quantitative estimate of drug-likeness (QED) is 0.0453. The second kappa shape index (κ2) is 21.5. The Morgan fingerprint density at radius 1 is 0.587 bits per heavy atom. The number of ether oxygens (including phenoxy) is 3. The number of aromatic carboxylic acids is 1. The number of nitrogens with zero attached hydrogens (tertiary/aromatic N) is 6. The molecule has 0 atom stereocenters. The highest BCUT2D eigenvalue weighted by molar-refractivity contribution is 6.30. The van der Waals surface area contributed by atoms with Crippen LogP contribution in [-0.2, 0) is 17.8 Å². The Morgan fingerprint density at radius 3 is 1.33 bits per heavy atom. The van der Waals surface area contributed by atoms with Crippen LogP contribution in [0.3, 0.4) is 0 Å². The van der Waals surface area contributed by atoms with Gasteiger partial charge in [-0.05, 0) is 59.7 Å². The van der Waals surface area contributed by atoms with Gasteiger partial charge in [0, 0.05) is 47.7 Å². The molecule has 0 amide bonds. The average molecular weight is 922 g/mol. The van der Waals surface area contributed by atoms with Crippen molar-refractivity contribution in [3.05, 3.63) is 130 Å². The number of halogens is 8. The lowest BCUT2D eigenvalue weighted by Gasteiger charge is -2.13. The largest absolute Gasteiger partial charge is 0.478 e. The summed E-state index contributed by atoms with van der Waals surface area (Å²) in [6, 6.07) is 21.6. The molecule has 4 aromatic heterocycles. The fourth-order valence-electron chi connectivity index (χ4n) is 4.73. The summed E-state index contributed by atoms with van der Waals surface area (Å²) in [5.74, 6) is -0.515. The van der Waals surface area contributed by atoms with Crippen LogP contribution in [0.2, 0.25) is 10.0 Å². The molecule has 330 valence electrons. The maximum absolute atomic E-state index is 12.6. The van der Waals surface area contributed by atoms with Crippen LogP contribution in [0.25, 0.3) is 0 Å². The van der Waals surface area contributed by atoms with E-state index in [9.17, 15) is 35.9 Å². The van der Waals surface area contributed by atoms with E-state index in [2.05, 4.69) is 60.6 Å². The Morgan fingerprint density at radius 2 is 0.984 bits per heavy atom. The monoisotopic (exact) mass is 920 g/mol. The molecule has 0 saturated carbocycles. The van der Waals surface area contributed by atoms with E-state index in [-0.39, 0.29) is 40.2 Å². The molecule has 24 heteroatoms. The summed E-state index contributed by atoms with van der Waals surface area (Å²) in [5.41, 5.74) is 1.95. The van der Waals surface area contributed by atoms with Crippen LogP contribution in [0.4, 0.5) is 61.2 Å². The summed E-state index contributed by atoms with van der Waals surface area (Å²) in [6.07, 6.45) is -6.68. The topological polar surface area (TPSA) is 208 Å². The smallest absolute Gasteiger partial charge is 0.422 e. The summed E-state index contributed by atoms with van der Waals surface area (Å²) in [5, 5.41) is 21.7. The third-order valence-electron chi connectivity index (χ3n) is 7.62. The van der Waals surface area contributed by atoms with Gasteiger partial charge >= 0.3 is 36.3 Å². The molecule has 0 saturated heterocycles. The number of hydrogen-bond donors (Lipinski definition) is 5. The minimum Gasteiger partial charge on any atom is -0.478 e. The number of hydrogen-bond acceptors (Lipinski definition) is 15. The van der Waals surface area contributed by atoms with Gasteiger partial charge in [0.2, 0.25) is 0 Å². The molecule has 6 aromatic rings. The first kappa shape index (κ1) is 46.9. The predicted octanol–water partition coefficient (Wildman–Crippen LogP) is 9.13. The summed E-state index contributed by atoms with van der Waals surface area (Å²) < 4.78 is 89.2. The van der Waals surface area contributed by atoms with E-state index in [1.54, 1.807) is 48.5 Å². The van der Waals surface area contributed by atoms with Gasteiger partial charge in [0.1, 0.15) is 34.9 Å². The number of carbonyl (C=O) groups excluding carboxylic acids is 1. The number of benzene rings is 2. The van der Waals surface area contributed by atoms with Gasteiger partial charge in [0.25, 0.3) is 0 Å². The summed E-state index contributed by atoms with van der Waals surface area (Å²) >= 11 is 11.7. The van der Waals surface area contributed by atoms with Gasteiger partial charge in [-0.2, -0.15) is 46.3 Å². The highest BCUT2D eigenvalue weighted by atomic mass is 35.5. The van der Waals surface area contributed by atoms with Crippen molar-refractivity contribution in [1.82, 2.24) is 29.9 Å². The molecule has 16 nitrogen and oxygen atoms in total. The molecular formula is C39H32Cl2F6N10O6. The normalized spacial score (nSPS) is 11.1. The van der Waals surface area contributed by atoms with Crippen LogP contribution < -0.4 is 30.7 Å². The van der Waals surface area contributed by atoms with E-state index < -0.39 is 49.5 Å². The number of carbonyl (C=O) groups is 2. The van der Waals surface area contributed by atoms with Crippen LogP contribution in [-0.4, -0.2) is 79.6 Å². The molecule has 63 heavy (non-hydrogen) atoms. The highest BCUT2D eigenvalue weighted by Gasteiger charge is 2.30. The summed E-state index contributed by atoms with van der Waals surface area (Å²) in [4.78, 5) is 46.2. The van der Waals surface area contributed by atoms with Crippen LogP contribution in [0.15, 0.2) is 97.3 Å². The molecule has 0 fully saturated rings. The third kappa shape index (κ3) is 16.3. The van der Waals surface area contributed by atoms with Crippen LogP contribution >= 0.6 is 23.2 Å². The fraction of sp³-hybridized carbons (Fsp3) is 0.179. The lowest BCUT2D eigenvalue weighted by Crippen LogP contribution is -2.20. The number of nitrogens with one attached hydrogen (secondary N) is 4. The van der Waals surface area contributed by atoms with E-state index >= 15 is 0 Å². The van der Waals surface area contributed by atoms with Gasteiger partial charge in [-0.25, -0.2) is 19.6 Å². The van der Waals surface area contributed by atoms with Gasteiger partial charge in [0.15, 0.2) is 13.2 Å². The van der Waals surface area contributed by atoms with Crippen molar-refractivity contribution in [1.29, 1.82) is 0 Å². The third-order valence-corrected chi connectivity index (χ3v) is 8.13. The number of methoxy groups -OCH3 is 1. The van der Waals surface area contributed by atoms with Gasteiger partial charge in [-0.1, -0.05) is 47.5 Å². The molecule has 0 bridgehead atoms. The number of pyridine rings is 2. The molecule has 0 aliphatic rings. The second-order valence-corrected chi connectivity index (χ2v) is 13.4. The zero-order chi connectivity index (χ0) is 45.6. The number of aromatic nitrogens is 6. The number of carboxylic acid groups (broad SMARTS) is 1. The van der Waals surface area contributed by atoms with E-state index in [0.29, 0.717) is 29.0 Å². The van der Waals surface area contributed by atoms with E-state index in [1.165, 1.54) is 49.7 Å². The minimum atomic E-state index is -4.56. The molecule has 0 unspecified atom stereocenters. The van der Waals surface area contributed by atoms with E-state index in [0.717, 1.165) is 17.3 Å². The maximum Gasteiger partial charge on any atom is 0.422 e. The van der Waals surface area contributed by atoms with Crippen LogP contribution in [0.5, 0.6) is 12.0 Å². The van der Waals surface area contributed by atoms with Crippen molar-refractivity contribution in [2.75, 3.05) is 41.6 Å². The summed E-state index contributed by atoms with van der Waals surface area (Å²) in [7, 11) is 1.25. The highest BCUT2D eigenvalue weighted by Crippen LogP contribution is 2.25. The molecule has 0 aliphatic heterocycles. The van der Waals surface area contributed by atoms with Crippen molar-refractivity contribution in [2.45, 2.75) is 25.4 Å². The second-order valence-electron chi connectivity index (χ2n) is 12.5. The molecule has 0 aliphatic carbocycles. The van der Waals surface area contributed by atoms with Gasteiger partial charge in [-0.3, -0.25) is 0 Å². The van der Waals surface area contributed by atoms with Crippen molar-refractivity contribution in [3.63, 3.8) is 0 Å². The Balaban J connectivity index is 0.000000238. The minimum absolute atomic E-state index is 0.0206. The Hall–Kier alpha value is -7.20. The van der Waals surface area contributed by atoms with E-state index in [1.807, 2.05) is 0 Å². The zero-order valence-electron chi connectivity index (χ0n) is 32.3. The van der Waals surface area contributed by atoms with Crippen LogP contribution in [0, 0.1) is 0 Å². The fourth-order valence-corrected chi connectivity index (χ4v) is 4.99. The number of alkyl halides is 6. The average Bonchev–Trinajstić information content (AvgIpc) is 3.24. The van der Waals surface area contributed by atoms with Crippen molar-refractivity contribution >= 4 is 70.0 Å². The zero-order valence-corrected chi connectivity index (χ0v) is 33.8. The molecule has 0 radical (unpaired) electrons. The van der Waals surface area contributed by atoms with Crippen LogP contribution in [0.1, 0.15) is 31.8 Å². The van der Waals surface area contributed by atoms with Gasteiger partial charge in [-0.15, -0.1) is 0 Å². The Labute approximate surface area is 363 Å². The number of carboxylic acids is 1. The first-order valence-electron chi connectivity index (χ1n) is 17.8. The lowest BCUT2D eigenvalue weighted by molar-refractivity contribution is -0.155. The molecule has 4 heterocycles. The summed E-state index contributed by atoms with van der Waals surface area (Å²) in [6.45, 7) is -2.45. The lowest BCUT2D eigenvalue weighted by atomic mass is 10.2. The van der Waals surface area contributed by atoms with Crippen molar-refractivity contribution in [2.24, 2.45) is 0 Å². The predicted molar refractivity (Wildman–Crippen MR) is 218 cm³/mol. The number of anilines is 6. The maximum atomic E-state index is 12.6. The first-order chi connectivity index (χ1) is 29.9. The molecule has 0 spiro atoms. The van der Waals surface area contributed by atoms with Crippen molar-refractivity contribution in [3.8, 4) is 12.0 Å². The standard InChI is InChI=1S/C20H17ClF3N5O3.C19H15ClF3N5O3/c1-31-18(30)13-4-7-15(26-10-13)27-17-8-16(25-9-12-2-5-14(21)6-3-12)28-19(29-17)32-11-20(22,23)24;20-13-4-1-11(2-5-13)8-24-15-7-16(28-18(27-15)31-10-19(21,22)23)26-14-6-3-12(9-25-14)17(29)30/h2-8,10H,9,11H2,1H3,(H2,25,26,27,28,29);1-7,9H,8,10H2,(H,29,30)(H2,24,25,26,27,28). The number of esters is 1. The van der Waals surface area contributed by atoms with Crippen molar-refractivity contribution < 1.29 is 55.2 Å². The van der Waals surface area contributed by atoms with Gasteiger partial charge in [0.05, 0.1) is 18.2 Å². The molecular weight excluding hydrogens is 889 g/mol. The Bertz CT molecular complexity index is 2450. The van der Waals surface area contributed by atoms with Gasteiger partial charge < -0.3 is 40.6 Å². The molecule has 5 N–H and O–H groups in total. The SMILES string of the molecule is COC(=O)c1ccc(Nc2cc(NCc3ccc(Cl)cc3)nc(OCC(F)(F)F)n2)nc1.O=C(O)c1ccc(Nc2cc(NCc3ccc(Cl)cc3)nc(OCC(F)(F)F)n2)nc1. The first-order valence-corrected chi connectivity index (χ1v) is 18.6. The molecule has 2 aromatic carbocycles. The molecule has 6 rings (SSSR count). The Kier molecular flexibility index (Phi) is 16.0.